The summed E-state index contributed by atoms with van der Waals surface area (Å²) < 4.78 is 2.48. The Bertz CT molecular complexity index is 1050. The van der Waals surface area contributed by atoms with Crippen LogP contribution in [0.25, 0.3) is 16.8 Å². The second kappa shape index (κ2) is 5.82. The molecule has 4 rings (SSSR count). The van der Waals surface area contributed by atoms with Crippen LogP contribution in [0.4, 0.5) is 5.82 Å². The zero-order valence-electron chi connectivity index (χ0n) is 12.7. The fraction of sp³-hybridized carbons (Fsp3) is 0.0526. The van der Waals surface area contributed by atoms with Gasteiger partial charge in [0.15, 0.2) is 0 Å². The number of nitrogens with two attached hydrogens (primary N) is 1. The summed E-state index contributed by atoms with van der Waals surface area (Å²) in [6, 6.07) is 20.1. The van der Waals surface area contributed by atoms with Gasteiger partial charge in [-0.05, 0) is 23.8 Å². The highest BCUT2D eigenvalue weighted by atomic mass is 32.2. The molecule has 0 bridgehead atoms. The molecule has 0 fully saturated rings. The average Bonchev–Trinajstić information content (AvgIpc) is 2.63. The summed E-state index contributed by atoms with van der Waals surface area (Å²) in [5, 5.41) is 9.78. The Morgan fingerprint density at radius 3 is 2.54 bits per heavy atom. The number of rotatable bonds is 1. The number of nitrogens with zero attached hydrogens (tertiary/aromatic N) is 2. The molecule has 0 amide bonds. The highest BCUT2D eigenvalue weighted by Gasteiger charge is 2.25. The Hall–Kier alpha value is -2.55. The summed E-state index contributed by atoms with van der Waals surface area (Å²) >= 11 is 7.49. The van der Waals surface area contributed by atoms with Gasteiger partial charge in [-0.15, -0.1) is 11.8 Å². The molecule has 5 heteroatoms. The van der Waals surface area contributed by atoms with Gasteiger partial charge in [0.25, 0.3) is 0 Å². The van der Waals surface area contributed by atoms with Crippen molar-refractivity contribution in [2.75, 3.05) is 5.73 Å². The standard InChI is InChI=1S/C19H13N3S2/c20-10-14-17-13-8-4-5-9-16(13)24-11-15(17)19(23)22(18(14)21)12-6-2-1-3-7-12/h1-9H,11,21H2. The highest BCUT2D eigenvalue weighted by molar-refractivity contribution is 7.98. The van der Waals surface area contributed by atoms with Crippen LogP contribution in [0.15, 0.2) is 59.5 Å². The van der Waals surface area contributed by atoms with Crippen LogP contribution >= 0.6 is 24.0 Å². The second-order valence-electron chi connectivity index (χ2n) is 5.49. The van der Waals surface area contributed by atoms with Crippen molar-refractivity contribution in [1.82, 2.24) is 4.57 Å². The molecule has 1 aliphatic rings. The van der Waals surface area contributed by atoms with Gasteiger partial charge >= 0.3 is 0 Å². The van der Waals surface area contributed by atoms with E-state index in [9.17, 15) is 5.26 Å². The first-order valence-electron chi connectivity index (χ1n) is 7.47. The lowest BCUT2D eigenvalue weighted by atomic mass is 9.96. The number of nitriles is 1. The molecule has 2 aromatic carbocycles. The van der Waals surface area contributed by atoms with Crippen molar-refractivity contribution in [2.24, 2.45) is 0 Å². The van der Waals surface area contributed by atoms with Crippen LogP contribution in [-0.2, 0) is 5.75 Å². The smallest absolute Gasteiger partial charge is 0.127 e. The Kier molecular flexibility index (Phi) is 3.64. The molecular weight excluding hydrogens is 334 g/mol. The molecule has 1 aliphatic heterocycles. The monoisotopic (exact) mass is 347 g/mol. The van der Waals surface area contributed by atoms with Gasteiger partial charge in [0.1, 0.15) is 22.1 Å². The van der Waals surface area contributed by atoms with Crippen molar-refractivity contribution >= 4 is 29.8 Å². The van der Waals surface area contributed by atoms with E-state index in [-0.39, 0.29) is 0 Å². The first-order chi connectivity index (χ1) is 11.7. The van der Waals surface area contributed by atoms with Crippen LogP contribution < -0.4 is 5.73 Å². The van der Waals surface area contributed by atoms with E-state index in [1.807, 2.05) is 48.5 Å². The molecule has 2 heterocycles. The van der Waals surface area contributed by atoms with Gasteiger partial charge in [0.2, 0.25) is 0 Å². The predicted octanol–water partition coefficient (Wildman–Crippen LogP) is 4.93. The molecule has 0 atom stereocenters. The van der Waals surface area contributed by atoms with Crippen LogP contribution in [0.1, 0.15) is 11.1 Å². The summed E-state index contributed by atoms with van der Waals surface area (Å²) in [5.41, 5.74) is 10.7. The summed E-state index contributed by atoms with van der Waals surface area (Å²) in [7, 11) is 0. The van der Waals surface area contributed by atoms with Gasteiger partial charge < -0.3 is 5.73 Å². The van der Waals surface area contributed by atoms with E-state index in [1.54, 1.807) is 16.3 Å². The van der Waals surface area contributed by atoms with Gasteiger partial charge in [0, 0.05) is 27.5 Å². The fourth-order valence-electron chi connectivity index (χ4n) is 3.07. The van der Waals surface area contributed by atoms with Gasteiger partial charge in [-0.2, -0.15) is 5.26 Å². The number of pyridine rings is 1. The Balaban J connectivity index is 2.12. The Labute approximate surface area is 149 Å². The molecule has 0 radical (unpaired) electrons. The molecular formula is C19H13N3S2. The number of para-hydroxylation sites is 1. The molecule has 1 aromatic heterocycles. The summed E-state index contributed by atoms with van der Waals surface area (Å²) in [4.78, 5) is 1.16. The number of benzene rings is 2. The molecule has 24 heavy (non-hydrogen) atoms. The number of hydrogen-bond donors (Lipinski definition) is 1. The maximum atomic E-state index is 9.78. The van der Waals surface area contributed by atoms with Crippen molar-refractivity contribution in [3.8, 4) is 22.9 Å². The molecule has 0 spiro atoms. The normalized spacial score (nSPS) is 12.1. The summed E-state index contributed by atoms with van der Waals surface area (Å²) in [6.45, 7) is 0. The lowest BCUT2D eigenvalue weighted by Gasteiger charge is -2.24. The molecule has 3 aromatic rings. The van der Waals surface area contributed by atoms with Crippen molar-refractivity contribution in [3.63, 3.8) is 0 Å². The number of thioether (sulfide) groups is 1. The zero-order valence-corrected chi connectivity index (χ0v) is 14.3. The van der Waals surface area contributed by atoms with Crippen molar-refractivity contribution in [3.05, 3.63) is 70.4 Å². The largest absolute Gasteiger partial charge is 0.384 e. The van der Waals surface area contributed by atoms with E-state index in [1.165, 1.54) is 0 Å². The molecule has 116 valence electrons. The molecule has 0 unspecified atom stereocenters. The third-order valence-corrected chi connectivity index (χ3v) is 5.69. The summed E-state index contributed by atoms with van der Waals surface area (Å²) in [5.74, 6) is 1.14. The average molecular weight is 347 g/mol. The van der Waals surface area contributed by atoms with Gasteiger partial charge in [-0.25, -0.2) is 0 Å². The Morgan fingerprint density at radius 1 is 1.08 bits per heavy atom. The minimum absolute atomic E-state index is 0.397. The van der Waals surface area contributed by atoms with E-state index in [2.05, 4.69) is 12.1 Å². The van der Waals surface area contributed by atoms with E-state index in [0.717, 1.165) is 33.0 Å². The molecule has 2 N–H and O–H groups in total. The lowest BCUT2D eigenvalue weighted by Crippen LogP contribution is -2.13. The molecule has 3 nitrogen and oxygen atoms in total. The van der Waals surface area contributed by atoms with Crippen LogP contribution in [0.5, 0.6) is 0 Å². The number of anilines is 1. The van der Waals surface area contributed by atoms with Gasteiger partial charge in [0.05, 0.1) is 0 Å². The first kappa shape index (κ1) is 15.0. The van der Waals surface area contributed by atoms with Crippen LogP contribution in [-0.4, -0.2) is 4.57 Å². The number of aromatic nitrogens is 1. The van der Waals surface area contributed by atoms with Crippen molar-refractivity contribution < 1.29 is 0 Å². The SMILES string of the molecule is N#Cc1c2c(c(=S)n(-c3ccccc3)c1N)CSc1ccccc1-2. The quantitative estimate of drug-likeness (QED) is 0.634. The number of hydrogen-bond acceptors (Lipinski definition) is 4. The topological polar surface area (TPSA) is 54.7 Å². The van der Waals surface area contributed by atoms with E-state index in [0.29, 0.717) is 16.0 Å². The lowest BCUT2D eigenvalue weighted by molar-refractivity contribution is 1.01. The van der Waals surface area contributed by atoms with Gasteiger partial charge in [-0.1, -0.05) is 48.6 Å². The number of nitrogen functional groups attached to an aromatic ring is 1. The maximum Gasteiger partial charge on any atom is 0.127 e. The highest BCUT2D eigenvalue weighted by Crippen LogP contribution is 2.45. The first-order valence-corrected chi connectivity index (χ1v) is 8.87. The van der Waals surface area contributed by atoms with Crippen LogP contribution in [0, 0.1) is 16.0 Å². The third kappa shape index (κ3) is 2.15. The van der Waals surface area contributed by atoms with E-state index in [4.69, 9.17) is 18.0 Å². The maximum absolute atomic E-state index is 9.78. The fourth-order valence-corrected chi connectivity index (χ4v) is 4.62. The minimum atomic E-state index is 0.397. The van der Waals surface area contributed by atoms with Crippen LogP contribution in [0.2, 0.25) is 0 Å². The minimum Gasteiger partial charge on any atom is -0.384 e. The van der Waals surface area contributed by atoms with Crippen molar-refractivity contribution in [2.45, 2.75) is 10.6 Å². The van der Waals surface area contributed by atoms with Gasteiger partial charge in [-0.3, -0.25) is 4.57 Å². The second-order valence-corrected chi connectivity index (χ2v) is 6.89. The third-order valence-electron chi connectivity index (χ3n) is 4.16. The van der Waals surface area contributed by atoms with E-state index >= 15 is 0 Å². The molecule has 0 saturated heterocycles. The zero-order chi connectivity index (χ0) is 16.7. The number of fused-ring (bicyclic) bond motifs is 3. The molecule has 0 saturated carbocycles. The molecule has 0 aliphatic carbocycles. The predicted molar refractivity (Wildman–Crippen MR) is 101 cm³/mol. The van der Waals surface area contributed by atoms with Crippen molar-refractivity contribution in [1.29, 1.82) is 5.26 Å². The van der Waals surface area contributed by atoms with E-state index < -0.39 is 0 Å². The Morgan fingerprint density at radius 2 is 1.79 bits per heavy atom. The summed E-state index contributed by atoms with van der Waals surface area (Å²) in [6.07, 6.45) is 0. The van der Waals surface area contributed by atoms with Crippen LogP contribution in [0.3, 0.4) is 0 Å².